The molecule has 0 aliphatic carbocycles. The van der Waals surface area contributed by atoms with E-state index in [0.717, 1.165) is 43.9 Å². The van der Waals surface area contributed by atoms with Crippen LogP contribution in [0.5, 0.6) is 5.75 Å². The van der Waals surface area contributed by atoms with Gasteiger partial charge in [-0.25, -0.2) is 4.79 Å². The molecule has 144 valence electrons. The zero-order chi connectivity index (χ0) is 19.1. The predicted octanol–water partition coefficient (Wildman–Crippen LogP) is 3.90. The van der Waals surface area contributed by atoms with E-state index in [1.807, 2.05) is 42.2 Å². The van der Waals surface area contributed by atoms with Crippen LogP contribution in [0.25, 0.3) is 0 Å². The molecule has 5 nitrogen and oxygen atoms in total. The Hall–Kier alpha value is -2.69. The number of benzene rings is 2. The summed E-state index contributed by atoms with van der Waals surface area (Å²) in [6.07, 6.45) is 0.949. The highest BCUT2D eigenvalue weighted by Gasteiger charge is 2.21. The normalized spacial score (nSPS) is 15.3. The van der Waals surface area contributed by atoms with Gasteiger partial charge in [0.15, 0.2) is 0 Å². The Labute approximate surface area is 161 Å². The third-order valence-corrected chi connectivity index (χ3v) is 5.00. The first-order valence-corrected chi connectivity index (χ1v) is 9.73. The Bertz CT molecular complexity index is 710. The molecule has 1 unspecified atom stereocenters. The molecule has 1 aliphatic heterocycles. The van der Waals surface area contributed by atoms with E-state index in [1.165, 1.54) is 5.69 Å². The Morgan fingerprint density at radius 3 is 2.33 bits per heavy atom. The van der Waals surface area contributed by atoms with Crippen molar-refractivity contribution in [3.8, 4) is 5.75 Å². The molecule has 1 heterocycles. The van der Waals surface area contributed by atoms with Crippen molar-refractivity contribution in [2.24, 2.45) is 0 Å². The first-order valence-electron chi connectivity index (χ1n) is 9.73. The average molecular weight is 367 g/mol. The van der Waals surface area contributed by atoms with Crippen molar-refractivity contribution in [2.45, 2.75) is 32.9 Å². The molecule has 5 heteroatoms. The van der Waals surface area contributed by atoms with Gasteiger partial charge in [-0.1, -0.05) is 37.3 Å². The fraction of sp³-hybridized carbons (Fsp3) is 0.409. The van der Waals surface area contributed by atoms with Gasteiger partial charge in [0.05, 0.1) is 0 Å². The molecule has 2 aromatic carbocycles. The first kappa shape index (κ1) is 19.1. The molecule has 1 atom stereocenters. The monoisotopic (exact) mass is 367 g/mol. The van der Waals surface area contributed by atoms with Crippen LogP contribution < -0.4 is 15.0 Å². The molecule has 1 saturated heterocycles. The molecule has 0 aromatic heterocycles. The number of rotatable bonds is 6. The van der Waals surface area contributed by atoms with Crippen LogP contribution in [0.4, 0.5) is 10.5 Å². The topological polar surface area (TPSA) is 44.8 Å². The minimum Gasteiger partial charge on any atom is -0.489 e. The number of carbonyl (C=O) groups excluding carboxylic acids is 1. The molecule has 2 amide bonds. The van der Waals surface area contributed by atoms with E-state index in [4.69, 9.17) is 4.74 Å². The van der Waals surface area contributed by atoms with Gasteiger partial charge in [-0.2, -0.15) is 0 Å². The van der Waals surface area contributed by atoms with Gasteiger partial charge in [-0.05, 0) is 43.2 Å². The van der Waals surface area contributed by atoms with Gasteiger partial charge in [-0.3, -0.25) is 0 Å². The van der Waals surface area contributed by atoms with Crippen LogP contribution in [0.1, 0.15) is 25.8 Å². The molecule has 3 rings (SSSR count). The Morgan fingerprint density at radius 1 is 1.04 bits per heavy atom. The molecule has 0 radical (unpaired) electrons. The van der Waals surface area contributed by atoms with E-state index in [2.05, 4.69) is 41.4 Å². The van der Waals surface area contributed by atoms with Crippen LogP contribution >= 0.6 is 0 Å². The number of nitrogens with zero attached hydrogens (tertiary/aromatic N) is 2. The number of hydrogen-bond donors (Lipinski definition) is 1. The van der Waals surface area contributed by atoms with Crippen LogP contribution in [0.2, 0.25) is 0 Å². The number of amides is 2. The minimum atomic E-state index is 0.0497. The lowest BCUT2D eigenvalue weighted by atomic mass is 10.2. The van der Waals surface area contributed by atoms with Gasteiger partial charge in [0.2, 0.25) is 0 Å². The van der Waals surface area contributed by atoms with Gasteiger partial charge in [0.25, 0.3) is 0 Å². The summed E-state index contributed by atoms with van der Waals surface area (Å²) in [6.45, 7) is 7.87. The van der Waals surface area contributed by atoms with Gasteiger partial charge in [0, 0.05) is 37.9 Å². The van der Waals surface area contributed by atoms with Crippen molar-refractivity contribution in [2.75, 3.05) is 31.1 Å². The zero-order valence-corrected chi connectivity index (χ0v) is 16.2. The highest BCUT2D eigenvalue weighted by molar-refractivity contribution is 5.74. The number of carbonyl (C=O) groups is 1. The maximum absolute atomic E-state index is 12.2. The third kappa shape index (κ3) is 5.39. The van der Waals surface area contributed by atoms with Gasteiger partial charge in [0.1, 0.15) is 12.4 Å². The van der Waals surface area contributed by atoms with E-state index in [-0.39, 0.29) is 12.1 Å². The molecular formula is C22H29N3O2. The van der Waals surface area contributed by atoms with Gasteiger partial charge in [-0.15, -0.1) is 0 Å². The van der Waals surface area contributed by atoms with Crippen LogP contribution in [-0.2, 0) is 6.61 Å². The van der Waals surface area contributed by atoms with Crippen LogP contribution in [-0.4, -0.2) is 43.2 Å². The zero-order valence-electron chi connectivity index (χ0n) is 16.2. The van der Waals surface area contributed by atoms with E-state index in [1.54, 1.807) is 0 Å². The second-order valence-electron chi connectivity index (χ2n) is 7.00. The van der Waals surface area contributed by atoms with Crippen LogP contribution in [0.15, 0.2) is 54.6 Å². The number of ether oxygens (including phenoxy) is 1. The SMILES string of the molecule is CCC(C)NC(=O)N1CCN(c2ccc(OCc3ccccc3)cc2)CC1. The summed E-state index contributed by atoms with van der Waals surface area (Å²) in [5.74, 6) is 0.870. The van der Waals surface area contributed by atoms with Crippen LogP contribution in [0, 0.1) is 0 Å². The summed E-state index contributed by atoms with van der Waals surface area (Å²) in [5.41, 5.74) is 2.33. The number of piperazine rings is 1. The molecule has 1 N–H and O–H groups in total. The van der Waals surface area contributed by atoms with E-state index < -0.39 is 0 Å². The second-order valence-corrected chi connectivity index (χ2v) is 7.00. The van der Waals surface area contributed by atoms with E-state index in [0.29, 0.717) is 6.61 Å². The fourth-order valence-corrected chi connectivity index (χ4v) is 3.07. The predicted molar refractivity (Wildman–Crippen MR) is 109 cm³/mol. The molecule has 0 spiro atoms. The largest absolute Gasteiger partial charge is 0.489 e. The molecular weight excluding hydrogens is 338 g/mol. The number of urea groups is 1. The lowest BCUT2D eigenvalue weighted by Crippen LogP contribution is -2.53. The summed E-state index contributed by atoms with van der Waals surface area (Å²) in [7, 11) is 0. The summed E-state index contributed by atoms with van der Waals surface area (Å²) in [4.78, 5) is 16.4. The minimum absolute atomic E-state index is 0.0497. The van der Waals surface area contributed by atoms with Crippen LogP contribution in [0.3, 0.4) is 0 Å². The maximum Gasteiger partial charge on any atom is 0.317 e. The summed E-state index contributed by atoms with van der Waals surface area (Å²) in [6, 6.07) is 18.6. The fourth-order valence-electron chi connectivity index (χ4n) is 3.07. The maximum atomic E-state index is 12.2. The lowest BCUT2D eigenvalue weighted by Gasteiger charge is -2.36. The van der Waals surface area contributed by atoms with Crippen molar-refractivity contribution < 1.29 is 9.53 Å². The molecule has 2 aromatic rings. The molecule has 1 fully saturated rings. The number of nitrogens with one attached hydrogen (secondary N) is 1. The standard InChI is InChI=1S/C22H29N3O2/c1-3-18(2)23-22(26)25-15-13-24(14-16-25)20-9-11-21(12-10-20)27-17-19-7-5-4-6-8-19/h4-12,18H,3,13-17H2,1-2H3,(H,23,26). The van der Waals surface area contributed by atoms with E-state index >= 15 is 0 Å². The highest BCUT2D eigenvalue weighted by atomic mass is 16.5. The first-order chi connectivity index (χ1) is 13.2. The van der Waals surface area contributed by atoms with Gasteiger partial charge >= 0.3 is 6.03 Å². The van der Waals surface area contributed by atoms with Crippen molar-refractivity contribution in [3.05, 3.63) is 60.2 Å². The van der Waals surface area contributed by atoms with E-state index in [9.17, 15) is 4.79 Å². The molecule has 0 bridgehead atoms. The Kier molecular flexibility index (Phi) is 6.58. The lowest BCUT2D eigenvalue weighted by molar-refractivity contribution is 0.191. The third-order valence-electron chi connectivity index (χ3n) is 5.00. The molecule has 0 saturated carbocycles. The average Bonchev–Trinajstić information content (AvgIpc) is 2.73. The summed E-state index contributed by atoms with van der Waals surface area (Å²) >= 11 is 0. The van der Waals surface area contributed by atoms with Crippen molar-refractivity contribution in [1.29, 1.82) is 0 Å². The van der Waals surface area contributed by atoms with Gasteiger partial charge < -0.3 is 19.9 Å². The summed E-state index contributed by atoms with van der Waals surface area (Å²) < 4.78 is 5.85. The Morgan fingerprint density at radius 2 is 1.70 bits per heavy atom. The summed E-state index contributed by atoms with van der Waals surface area (Å²) in [5, 5.41) is 3.04. The molecule has 1 aliphatic rings. The quantitative estimate of drug-likeness (QED) is 0.842. The smallest absolute Gasteiger partial charge is 0.317 e. The van der Waals surface area contributed by atoms with Crippen molar-refractivity contribution in [3.63, 3.8) is 0 Å². The second kappa shape index (κ2) is 9.31. The highest BCUT2D eigenvalue weighted by Crippen LogP contribution is 2.21. The molecule has 27 heavy (non-hydrogen) atoms. The number of hydrogen-bond acceptors (Lipinski definition) is 3. The number of anilines is 1. The van der Waals surface area contributed by atoms with Crippen molar-refractivity contribution in [1.82, 2.24) is 10.2 Å². The van der Waals surface area contributed by atoms with Crippen molar-refractivity contribution >= 4 is 11.7 Å². The Balaban J connectivity index is 1.48.